The molecule has 0 aromatic heterocycles. The van der Waals surface area contributed by atoms with Gasteiger partial charge in [-0.15, -0.1) is 0 Å². The third-order valence-electron chi connectivity index (χ3n) is 6.66. The lowest BCUT2D eigenvalue weighted by Gasteiger charge is -2.54. The van der Waals surface area contributed by atoms with E-state index >= 15 is 0 Å². The van der Waals surface area contributed by atoms with Crippen LogP contribution in [0.2, 0.25) is 0 Å². The van der Waals surface area contributed by atoms with E-state index in [4.69, 9.17) is 5.73 Å². The maximum atomic E-state index is 11.4. The molecule has 1 aliphatic heterocycles. The quantitative estimate of drug-likeness (QED) is 0.838. The molecule has 2 rings (SSSR count). The fourth-order valence-electron chi connectivity index (χ4n) is 4.66. The van der Waals surface area contributed by atoms with Gasteiger partial charge in [-0.25, -0.2) is 0 Å². The van der Waals surface area contributed by atoms with Gasteiger partial charge in [0.15, 0.2) is 0 Å². The monoisotopic (exact) mass is 296 g/mol. The van der Waals surface area contributed by atoms with E-state index in [0.29, 0.717) is 12.6 Å². The predicted octanol–water partition coefficient (Wildman–Crippen LogP) is 3.01. The van der Waals surface area contributed by atoms with Gasteiger partial charge in [0.25, 0.3) is 0 Å². The van der Waals surface area contributed by atoms with Gasteiger partial charge in [0.1, 0.15) is 0 Å². The summed E-state index contributed by atoms with van der Waals surface area (Å²) in [7, 11) is 0. The van der Waals surface area contributed by atoms with Crippen molar-refractivity contribution < 1.29 is 5.11 Å². The molecule has 21 heavy (non-hydrogen) atoms. The fourth-order valence-corrected chi connectivity index (χ4v) is 4.66. The number of aliphatic hydroxyl groups is 1. The summed E-state index contributed by atoms with van der Waals surface area (Å²) in [6, 6.07) is 0.583. The number of hydrogen-bond acceptors (Lipinski definition) is 3. The van der Waals surface area contributed by atoms with Crippen molar-refractivity contribution in [2.75, 3.05) is 19.6 Å². The zero-order valence-corrected chi connectivity index (χ0v) is 14.6. The number of likely N-dealkylation sites (tertiary alicyclic amines) is 1. The zero-order valence-electron chi connectivity index (χ0n) is 14.6. The van der Waals surface area contributed by atoms with Crippen LogP contribution in [0.5, 0.6) is 0 Å². The van der Waals surface area contributed by atoms with Crippen LogP contribution in [0.15, 0.2) is 0 Å². The molecule has 3 N–H and O–H groups in total. The maximum Gasteiger partial charge on any atom is 0.0740 e. The summed E-state index contributed by atoms with van der Waals surface area (Å²) in [6.07, 6.45) is 6.51. The van der Waals surface area contributed by atoms with Crippen molar-refractivity contribution in [1.82, 2.24) is 4.90 Å². The molecule has 1 aliphatic carbocycles. The Kier molecular flexibility index (Phi) is 5.38. The van der Waals surface area contributed by atoms with Crippen LogP contribution >= 0.6 is 0 Å². The highest BCUT2D eigenvalue weighted by atomic mass is 16.3. The Morgan fingerprint density at radius 3 is 1.95 bits per heavy atom. The molecular weight excluding hydrogens is 260 g/mol. The lowest BCUT2D eigenvalue weighted by Crippen LogP contribution is -2.59. The second kappa shape index (κ2) is 6.55. The molecule has 3 heteroatoms. The minimum Gasteiger partial charge on any atom is -0.389 e. The molecule has 0 unspecified atom stereocenters. The van der Waals surface area contributed by atoms with Gasteiger partial charge in [-0.3, -0.25) is 0 Å². The molecule has 1 saturated heterocycles. The first kappa shape index (κ1) is 17.2. The van der Waals surface area contributed by atoms with Crippen molar-refractivity contribution in [3.8, 4) is 0 Å². The molecule has 2 fully saturated rings. The van der Waals surface area contributed by atoms with E-state index in [1.165, 1.54) is 12.8 Å². The average molecular weight is 296 g/mol. The number of nitrogens with two attached hydrogens (primary N) is 1. The molecule has 0 bridgehead atoms. The largest absolute Gasteiger partial charge is 0.389 e. The number of rotatable bonds is 4. The molecule has 0 aromatic rings. The van der Waals surface area contributed by atoms with Crippen LogP contribution in [-0.4, -0.2) is 41.3 Å². The topological polar surface area (TPSA) is 49.5 Å². The number of piperidine rings is 1. The van der Waals surface area contributed by atoms with Gasteiger partial charge in [-0.05, 0) is 64.2 Å². The first-order valence-electron chi connectivity index (χ1n) is 9.00. The molecular formula is C18H36N2O. The van der Waals surface area contributed by atoms with Crippen molar-refractivity contribution in [3.63, 3.8) is 0 Å². The average Bonchev–Trinajstić information content (AvgIpc) is 2.47. The second-order valence-electron chi connectivity index (χ2n) is 8.23. The van der Waals surface area contributed by atoms with Crippen LogP contribution in [0.1, 0.15) is 66.2 Å². The van der Waals surface area contributed by atoms with Gasteiger partial charge < -0.3 is 15.7 Å². The minimum atomic E-state index is -0.533. The van der Waals surface area contributed by atoms with Gasteiger partial charge in [0, 0.05) is 31.1 Å². The lowest BCUT2D eigenvalue weighted by molar-refractivity contribution is -0.140. The molecule has 0 aromatic carbocycles. The van der Waals surface area contributed by atoms with E-state index in [1.54, 1.807) is 0 Å². The normalized spacial score (nSPS) is 34.6. The van der Waals surface area contributed by atoms with Gasteiger partial charge in [0.05, 0.1) is 5.60 Å². The van der Waals surface area contributed by atoms with Crippen molar-refractivity contribution in [2.45, 2.75) is 77.9 Å². The van der Waals surface area contributed by atoms with Crippen molar-refractivity contribution in [2.24, 2.45) is 23.0 Å². The first-order chi connectivity index (χ1) is 9.83. The second-order valence-corrected chi connectivity index (χ2v) is 8.23. The zero-order chi connectivity index (χ0) is 15.7. The van der Waals surface area contributed by atoms with E-state index in [0.717, 1.165) is 50.6 Å². The molecule has 1 saturated carbocycles. The molecule has 0 amide bonds. The molecule has 3 nitrogen and oxygen atoms in total. The summed E-state index contributed by atoms with van der Waals surface area (Å²) in [5, 5.41) is 11.4. The summed E-state index contributed by atoms with van der Waals surface area (Å²) in [6.45, 7) is 11.8. The van der Waals surface area contributed by atoms with E-state index < -0.39 is 5.60 Å². The van der Waals surface area contributed by atoms with Crippen LogP contribution in [-0.2, 0) is 0 Å². The Labute approximate surface area is 131 Å². The molecule has 1 heterocycles. The Balaban J connectivity index is 2.04. The molecule has 124 valence electrons. The van der Waals surface area contributed by atoms with Crippen molar-refractivity contribution in [1.29, 1.82) is 0 Å². The summed E-state index contributed by atoms with van der Waals surface area (Å²) >= 11 is 0. The molecule has 2 aliphatic rings. The van der Waals surface area contributed by atoms with Crippen LogP contribution in [0.25, 0.3) is 0 Å². The Hall–Kier alpha value is -0.120. The van der Waals surface area contributed by atoms with Gasteiger partial charge in [-0.2, -0.15) is 0 Å². The molecule has 0 radical (unpaired) electrons. The fraction of sp³-hybridized carbons (Fsp3) is 1.00. The van der Waals surface area contributed by atoms with Crippen LogP contribution in [0, 0.1) is 17.3 Å². The summed E-state index contributed by atoms with van der Waals surface area (Å²) in [4.78, 5) is 2.48. The van der Waals surface area contributed by atoms with Crippen LogP contribution in [0.3, 0.4) is 0 Å². The predicted molar refractivity (Wildman–Crippen MR) is 89.2 cm³/mol. The van der Waals surface area contributed by atoms with Crippen LogP contribution < -0.4 is 5.73 Å². The Bertz CT molecular complexity index is 324. The standard InChI is InChI=1S/C18H36N2O/c1-14(2)16-5-7-17(13-19,8-6-16)18(21)9-11-20(12-10-18)15(3)4/h14-16,21H,5-13,19H2,1-4H3. The summed E-state index contributed by atoms with van der Waals surface area (Å²) in [5.74, 6) is 1.59. The lowest BCUT2D eigenvalue weighted by atomic mass is 9.57. The van der Waals surface area contributed by atoms with Gasteiger partial charge in [-0.1, -0.05) is 13.8 Å². The van der Waals surface area contributed by atoms with E-state index in [9.17, 15) is 5.11 Å². The van der Waals surface area contributed by atoms with Crippen molar-refractivity contribution >= 4 is 0 Å². The SMILES string of the molecule is CC(C)C1CCC(CN)(C2(O)CCN(C(C)C)CC2)CC1. The third kappa shape index (κ3) is 3.30. The van der Waals surface area contributed by atoms with Crippen molar-refractivity contribution in [3.05, 3.63) is 0 Å². The highest BCUT2D eigenvalue weighted by molar-refractivity contribution is 5.04. The molecule has 0 atom stereocenters. The highest BCUT2D eigenvalue weighted by Crippen LogP contribution is 2.51. The van der Waals surface area contributed by atoms with Crippen LogP contribution in [0.4, 0.5) is 0 Å². The smallest absolute Gasteiger partial charge is 0.0740 e. The minimum absolute atomic E-state index is 0.0263. The highest BCUT2D eigenvalue weighted by Gasteiger charge is 2.51. The van der Waals surface area contributed by atoms with Gasteiger partial charge >= 0.3 is 0 Å². The number of nitrogens with zero attached hydrogens (tertiary/aromatic N) is 1. The molecule has 0 spiro atoms. The Morgan fingerprint density at radius 1 is 1.05 bits per heavy atom. The first-order valence-corrected chi connectivity index (χ1v) is 9.00. The van der Waals surface area contributed by atoms with E-state index in [-0.39, 0.29) is 5.41 Å². The van der Waals surface area contributed by atoms with E-state index in [2.05, 4.69) is 32.6 Å². The number of hydrogen-bond donors (Lipinski definition) is 2. The van der Waals surface area contributed by atoms with E-state index in [1.807, 2.05) is 0 Å². The third-order valence-corrected chi connectivity index (χ3v) is 6.66. The van der Waals surface area contributed by atoms with Gasteiger partial charge in [0.2, 0.25) is 0 Å². The Morgan fingerprint density at radius 2 is 1.57 bits per heavy atom. The maximum absolute atomic E-state index is 11.4. The summed E-state index contributed by atoms with van der Waals surface area (Å²) < 4.78 is 0. The summed E-state index contributed by atoms with van der Waals surface area (Å²) in [5.41, 5.74) is 5.64.